The Balaban J connectivity index is 1.97. The lowest BCUT2D eigenvalue weighted by Gasteiger charge is -2.31. The van der Waals surface area contributed by atoms with Gasteiger partial charge >= 0.3 is 5.97 Å². The van der Waals surface area contributed by atoms with Crippen molar-refractivity contribution in [2.24, 2.45) is 5.92 Å². The van der Waals surface area contributed by atoms with Crippen molar-refractivity contribution in [2.45, 2.75) is 45.1 Å². The molecule has 1 fully saturated rings. The fourth-order valence-electron chi connectivity index (χ4n) is 3.38. The number of carboxylic acids is 1. The molecule has 1 saturated carbocycles. The Kier molecular flexibility index (Phi) is 4.88. The van der Waals surface area contributed by atoms with Gasteiger partial charge in [0.1, 0.15) is 11.3 Å². The SMILES string of the molecule is CNC1(C(=O)O)CCCC1CCOc1cccc(C)c1C. The summed E-state index contributed by atoms with van der Waals surface area (Å²) in [6, 6.07) is 6.03. The van der Waals surface area contributed by atoms with Gasteiger partial charge in [0, 0.05) is 0 Å². The summed E-state index contributed by atoms with van der Waals surface area (Å²) in [5.41, 5.74) is 1.59. The topological polar surface area (TPSA) is 58.6 Å². The Morgan fingerprint density at radius 2 is 2.24 bits per heavy atom. The van der Waals surface area contributed by atoms with Crippen molar-refractivity contribution in [3.05, 3.63) is 29.3 Å². The molecule has 0 spiro atoms. The first-order valence-electron chi connectivity index (χ1n) is 7.62. The Bertz CT molecular complexity index is 515. The minimum absolute atomic E-state index is 0.130. The molecule has 2 unspecified atom stereocenters. The number of nitrogens with one attached hydrogen (secondary N) is 1. The highest BCUT2D eigenvalue weighted by Crippen LogP contribution is 2.38. The molecule has 1 aliphatic carbocycles. The normalized spacial score (nSPS) is 25.0. The molecule has 2 rings (SSSR count). The van der Waals surface area contributed by atoms with Gasteiger partial charge in [-0.2, -0.15) is 0 Å². The van der Waals surface area contributed by atoms with Crippen LogP contribution in [0.15, 0.2) is 18.2 Å². The molecule has 0 aliphatic heterocycles. The molecule has 2 N–H and O–H groups in total. The van der Waals surface area contributed by atoms with E-state index in [1.807, 2.05) is 12.1 Å². The predicted molar refractivity (Wildman–Crippen MR) is 82.8 cm³/mol. The molecule has 0 heterocycles. The third-order valence-electron chi connectivity index (χ3n) is 4.93. The molecular weight excluding hydrogens is 266 g/mol. The molecule has 1 aromatic rings. The monoisotopic (exact) mass is 291 g/mol. The van der Waals surface area contributed by atoms with Gasteiger partial charge in [-0.15, -0.1) is 0 Å². The van der Waals surface area contributed by atoms with Crippen LogP contribution in [-0.4, -0.2) is 30.3 Å². The summed E-state index contributed by atoms with van der Waals surface area (Å²) >= 11 is 0. The quantitative estimate of drug-likeness (QED) is 0.846. The molecule has 116 valence electrons. The van der Waals surface area contributed by atoms with Crippen molar-refractivity contribution in [3.63, 3.8) is 0 Å². The van der Waals surface area contributed by atoms with E-state index in [-0.39, 0.29) is 5.92 Å². The lowest BCUT2D eigenvalue weighted by atomic mass is 9.85. The summed E-state index contributed by atoms with van der Waals surface area (Å²) in [5.74, 6) is 0.294. The average molecular weight is 291 g/mol. The highest BCUT2D eigenvalue weighted by atomic mass is 16.5. The molecule has 4 heteroatoms. The summed E-state index contributed by atoms with van der Waals surface area (Å²) in [5, 5.41) is 12.6. The zero-order valence-electron chi connectivity index (χ0n) is 13.1. The number of hydrogen-bond acceptors (Lipinski definition) is 3. The maximum Gasteiger partial charge on any atom is 0.324 e. The summed E-state index contributed by atoms with van der Waals surface area (Å²) in [6.45, 7) is 4.68. The second-order valence-electron chi connectivity index (χ2n) is 5.95. The lowest BCUT2D eigenvalue weighted by Crippen LogP contribution is -2.53. The van der Waals surface area contributed by atoms with Gasteiger partial charge in [-0.25, -0.2) is 0 Å². The minimum Gasteiger partial charge on any atom is -0.493 e. The first-order chi connectivity index (χ1) is 10.0. The maximum atomic E-state index is 11.6. The molecular formula is C17H25NO3. The number of rotatable bonds is 6. The lowest BCUT2D eigenvalue weighted by molar-refractivity contribution is -0.146. The number of likely N-dealkylation sites (N-methyl/N-ethyl adjacent to an activating group) is 1. The Morgan fingerprint density at radius 3 is 2.90 bits per heavy atom. The average Bonchev–Trinajstić information content (AvgIpc) is 2.88. The standard InChI is InChI=1S/C17H25NO3/c1-12-6-4-8-15(13(12)2)21-11-9-14-7-5-10-17(14,18-3)16(19)20/h4,6,8,14,18H,5,7,9-11H2,1-3H3,(H,19,20). The maximum absolute atomic E-state index is 11.6. The van der Waals surface area contributed by atoms with E-state index in [2.05, 4.69) is 25.2 Å². The molecule has 1 aromatic carbocycles. The van der Waals surface area contributed by atoms with Crippen LogP contribution in [0.2, 0.25) is 0 Å². The third-order valence-corrected chi connectivity index (χ3v) is 4.93. The zero-order chi connectivity index (χ0) is 15.5. The van der Waals surface area contributed by atoms with E-state index in [4.69, 9.17) is 4.74 Å². The molecule has 0 bridgehead atoms. The molecule has 2 atom stereocenters. The fourth-order valence-corrected chi connectivity index (χ4v) is 3.38. The molecule has 0 radical (unpaired) electrons. The summed E-state index contributed by atoms with van der Waals surface area (Å²) in [4.78, 5) is 11.6. The second kappa shape index (κ2) is 6.48. The number of hydrogen-bond donors (Lipinski definition) is 2. The molecule has 21 heavy (non-hydrogen) atoms. The van der Waals surface area contributed by atoms with Crippen LogP contribution in [-0.2, 0) is 4.79 Å². The first-order valence-corrected chi connectivity index (χ1v) is 7.62. The van der Waals surface area contributed by atoms with E-state index in [1.165, 1.54) is 5.56 Å². The highest BCUT2D eigenvalue weighted by Gasteiger charge is 2.47. The third kappa shape index (κ3) is 3.05. The Labute approximate surface area is 126 Å². The Hall–Kier alpha value is -1.55. The van der Waals surface area contributed by atoms with E-state index in [0.717, 1.165) is 30.6 Å². The van der Waals surface area contributed by atoms with Gasteiger partial charge in [-0.1, -0.05) is 18.6 Å². The number of ether oxygens (including phenoxy) is 1. The van der Waals surface area contributed by atoms with Crippen molar-refractivity contribution in [1.82, 2.24) is 5.32 Å². The number of aryl methyl sites for hydroxylation is 1. The summed E-state index contributed by atoms with van der Waals surface area (Å²) in [6.07, 6.45) is 3.37. The fraction of sp³-hybridized carbons (Fsp3) is 0.588. The van der Waals surface area contributed by atoms with Crippen LogP contribution in [0.3, 0.4) is 0 Å². The second-order valence-corrected chi connectivity index (χ2v) is 5.95. The van der Waals surface area contributed by atoms with Gasteiger partial charge in [0.25, 0.3) is 0 Å². The van der Waals surface area contributed by atoms with Crippen LogP contribution >= 0.6 is 0 Å². The summed E-state index contributed by atoms with van der Waals surface area (Å²) < 4.78 is 5.88. The van der Waals surface area contributed by atoms with Gasteiger partial charge in [-0.3, -0.25) is 4.79 Å². The van der Waals surface area contributed by atoms with E-state index in [9.17, 15) is 9.90 Å². The van der Waals surface area contributed by atoms with Crippen LogP contribution in [0.1, 0.15) is 36.8 Å². The van der Waals surface area contributed by atoms with Crippen LogP contribution in [0.5, 0.6) is 5.75 Å². The van der Waals surface area contributed by atoms with E-state index < -0.39 is 11.5 Å². The van der Waals surface area contributed by atoms with Crippen molar-refractivity contribution in [2.75, 3.05) is 13.7 Å². The summed E-state index contributed by atoms with van der Waals surface area (Å²) in [7, 11) is 1.75. The smallest absolute Gasteiger partial charge is 0.324 e. The largest absolute Gasteiger partial charge is 0.493 e. The van der Waals surface area contributed by atoms with Crippen LogP contribution in [0, 0.1) is 19.8 Å². The Morgan fingerprint density at radius 1 is 1.48 bits per heavy atom. The van der Waals surface area contributed by atoms with E-state index >= 15 is 0 Å². The molecule has 0 amide bonds. The first kappa shape index (κ1) is 15.8. The molecule has 0 aromatic heterocycles. The number of carboxylic acid groups (broad SMARTS) is 1. The van der Waals surface area contributed by atoms with Gasteiger partial charge in [0.15, 0.2) is 0 Å². The number of carbonyl (C=O) groups is 1. The van der Waals surface area contributed by atoms with Gasteiger partial charge in [0.2, 0.25) is 0 Å². The van der Waals surface area contributed by atoms with Gasteiger partial charge in [0.05, 0.1) is 6.61 Å². The van der Waals surface area contributed by atoms with Crippen LogP contribution in [0.25, 0.3) is 0 Å². The number of benzene rings is 1. The van der Waals surface area contributed by atoms with E-state index in [0.29, 0.717) is 13.0 Å². The zero-order valence-corrected chi connectivity index (χ0v) is 13.1. The van der Waals surface area contributed by atoms with Gasteiger partial charge in [-0.05, 0) is 63.3 Å². The minimum atomic E-state index is -0.773. The van der Waals surface area contributed by atoms with E-state index in [1.54, 1.807) is 7.05 Å². The number of aliphatic carboxylic acids is 1. The van der Waals surface area contributed by atoms with Crippen LogP contribution in [0.4, 0.5) is 0 Å². The van der Waals surface area contributed by atoms with Crippen molar-refractivity contribution >= 4 is 5.97 Å². The molecule has 4 nitrogen and oxygen atoms in total. The van der Waals surface area contributed by atoms with Gasteiger partial charge < -0.3 is 15.2 Å². The highest BCUT2D eigenvalue weighted by molar-refractivity contribution is 5.79. The molecule has 0 saturated heterocycles. The molecule has 1 aliphatic rings. The van der Waals surface area contributed by atoms with Crippen molar-refractivity contribution in [3.8, 4) is 5.75 Å². The van der Waals surface area contributed by atoms with Crippen molar-refractivity contribution < 1.29 is 14.6 Å². The van der Waals surface area contributed by atoms with Crippen LogP contribution < -0.4 is 10.1 Å². The predicted octanol–water partition coefficient (Wildman–Crippen LogP) is 2.92. The van der Waals surface area contributed by atoms with Crippen molar-refractivity contribution in [1.29, 1.82) is 0 Å².